The second kappa shape index (κ2) is 7.15. The quantitative estimate of drug-likeness (QED) is 0.679. The summed E-state index contributed by atoms with van der Waals surface area (Å²) in [6.07, 6.45) is 3.20. The van der Waals surface area contributed by atoms with Gasteiger partial charge in [0.2, 0.25) is 5.91 Å². The minimum atomic E-state index is -3.42. The average Bonchev–Trinajstić information content (AvgIpc) is 3.29. The van der Waals surface area contributed by atoms with Gasteiger partial charge in [-0.1, -0.05) is 30.3 Å². The first kappa shape index (κ1) is 17.7. The molecule has 0 aliphatic carbocycles. The van der Waals surface area contributed by atoms with E-state index in [4.69, 9.17) is 0 Å². The maximum Gasteiger partial charge on any atom is 0.242 e. The topological polar surface area (TPSA) is 72.3 Å². The molecule has 1 saturated heterocycles. The highest BCUT2D eigenvalue weighted by atomic mass is 32.2. The Morgan fingerprint density at radius 1 is 1.07 bits per heavy atom. The van der Waals surface area contributed by atoms with Crippen molar-refractivity contribution in [2.24, 2.45) is 0 Å². The van der Waals surface area contributed by atoms with Gasteiger partial charge in [-0.05, 0) is 37.1 Å². The third kappa shape index (κ3) is 3.60. The number of amides is 1. The molecule has 1 amide bonds. The molecule has 0 N–H and O–H groups in total. The molecule has 0 radical (unpaired) electrons. The fourth-order valence-electron chi connectivity index (χ4n) is 3.69. The van der Waals surface area contributed by atoms with Gasteiger partial charge in [0.15, 0.2) is 9.84 Å². The Morgan fingerprint density at radius 2 is 1.81 bits per heavy atom. The Hall–Kier alpha value is -2.67. The number of aromatic nitrogens is 2. The van der Waals surface area contributed by atoms with Crippen molar-refractivity contribution in [1.29, 1.82) is 0 Å². The van der Waals surface area contributed by atoms with E-state index in [-0.39, 0.29) is 24.2 Å². The fourth-order valence-corrected chi connectivity index (χ4v) is 5.30. The summed E-state index contributed by atoms with van der Waals surface area (Å²) in [6.45, 7) is 0.767. The van der Waals surface area contributed by atoms with Crippen molar-refractivity contribution in [2.45, 2.75) is 30.3 Å². The van der Waals surface area contributed by atoms with Crippen LogP contribution in [0.1, 0.15) is 12.8 Å². The number of imidazole rings is 1. The van der Waals surface area contributed by atoms with Crippen LogP contribution in [0.2, 0.25) is 0 Å². The molecule has 0 saturated carbocycles. The van der Waals surface area contributed by atoms with Gasteiger partial charge in [0, 0.05) is 12.6 Å². The molecule has 3 aromatic rings. The first-order valence-corrected chi connectivity index (χ1v) is 10.7. The van der Waals surface area contributed by atoms with E-state index < -0.39 is 9.84 Å². The standard InChI is InChI=1S/C20H21N3O3S/c24-20(13-22-15-21-18-10-4-5-11-19(18)22)23-12-6-7-16(23)14-27(25,26)17-8-2-1-3-9-17/h1-5,8-11,15-16H,6-7,12-14H2. The molecule has 7 heteroatoms. The van der Waals surface area contributed by atoms with Gasteiger partial charge >= 0.3 is 0 Å². The van der Waals surface area contributed by atoms with Crippen LogP contribution in [0.15, 0.2) is 65.8 Å². The van der Waals surface area contributed by atoms with Gasteiger partial charge in [0.1, 0.15) is 6.54 Å². The van der Waals surface area contributed by atoms with Crippen LogP contribution in [0.4, 0.5) is 0 Å². The number of hydrogen-bond acceptors (Lipinski definition) is 4. The smallest absolute Gasteiger partial charge is 0.242 e. The third-order valence-electron chi connectivity index (χ3n) is 5.04. The number of likely N-dealkylation sites (tertiary alicyclic amines) is 1. The molecule has 1 aromatic heterocycles. The molecular weight excluding hydrogens is 362 g/mol. The SMILES string of the molecule is O=C(Cn1cnc2ccccc21)N1CCCC1CS(=O)(=O)c1ccccc1. The second-order valence-corrected chi connectivity index (χ2v) is 8.87. The third-order valence-corrected chi connectivity index (χ3v) is 6.86. The zero-order chi connectivity index (χ0) is 18.9. The monoisotopic (exact) mass is 383 g/mol. The Bertz CT molecular complexity index is 1060. The Morgan fingerprint density at radius 3 is 2.63 bits per heavy atom. The lowest BCUT2D eigenvalue weighted by Gasteiger charge is -2.25. The lowest BCUT2D eigenvalue weighted by Crippen LogP contribution is -2.41. The van der Waals surface area contributed by atoms with Gasteiger partial charge < -0.3 is 9.47 Å². The molecule has 0 spiro atoms. The molecule has 1 atom stereocenters. The Labute approximate surface area is 158 Å². The van der Waals surface area contributed by atoms with Crippen molar-refractivity contribution in [3.63, 3.8) is 0 Å². The van der Waals surface area contributed by atoms with Crippen LogP contribution < -0.4 is 0 Å². The Kier molecular flexibility index (Phi) is 4.70. The molecule has 1 unspecified atom stereocenters. The summed E-state index contributed by atoms with van der Waals surface area (Å²) in [6, 6.07) is 15.8. The first-order valence-electron chi connectivity index (χ1n) is 9.02. The first-order chi connectivity index (χ1) is 13.0. The summed E-state index contributed by atoms with van der Waals surface area (Å²) in [7, 11) is -3.42. The van der Waals surface area contributed by atoms with E-state index in [1.807, 2.05) is 28.8 Å². The number of rotatable bonds is 5. The van der Waals surface area contributed by atoms with Gasteiger partial charge in [0.05, 0.1) is 28.0 Å². The van der Waals surface area contributed by atoms with Crippen LogP contribution in [0.5, 0.6) is 0 Å². The van der Waals surface area contributed by atoms with Crippen LogP contribution >= 0.6 is 0 Å². The molecule has 6 nitrogen and oxygen atoms in total. The number of hydrogen-bond donors (Lipinski definition) is 0. The van der Waals surface area contributed by atoms with Gasteiger partial charge in [-0.3, -0.25) is 4.79 Å². The van der Waals surface area contributed by atoms with Crippen molar-refractivity contribution < 1.29 is 13.2 Å². The van der Waals surface area contributed by atoms with Gasteiger partial charge in [-0.25, -0.2) is 13.4 Å². The fraction of sp³-hybridized carbons (Fsp3) is 0.300. The van der Waals surface area contributed by atoms with Crippen LogP contribution in [0.25, 0.3) is 11.0 Å². The van der Waals surface area contributed by atoms with Crippen molar-refractivity contribution >= 4 is 26.8 Å². The molecule has 1 aliphatic rings. The average molecular weight is 383 g/mol. The summed E-state index contributed by atoms with van der Waals surface area (Å²) in [4.78, 5) is 19.2. The van der Waals surface area contributed by atoms with E-state index >= 15 is 0 Å². The molecule has 140 valence electrons. The maximum absolute atomic E-state index is 12.9. The Balaban J connectivity index is 1.50. The zero-order valence-corrected chi connectivity index (χ0v) is 15.7. The molecule has 1 aliphatic heterocycles. The van der Waals surface area contributed by atoms with Crippen LogP contribution in [0.3, 0.4) is 0 Å². The molecule has 0 bridgehead atoms. The van der Waals surface area contributed by atoms with Crippen molar-refractivity contribution in [3.05, 3.63) is 60.9 Å². The van der Waals surface area contributed by atoms with E-state index in [9.17, 15) is 13.2 Å². The number of carbonyl (C=O) groups is 1. The predicted molar refractivity (Wildman–Crippen MR) is 103 cm³/mol. The largest absolute Gasteiger partial charge is 0.337 e. The van der Waals surface area contributed by atoms with Gasteiger partial charge in [-0.15, -0.1) is 0 Å². The molecule has 4 rings (SSSR count). The number of fused-ring (bicyclic) bond motifs is 1. The van der Waals surface area contributed by atoms with E-state index in [0.29, 0.717) is 17.9 Å². The molecule has 2 aromatic carbocycles. The molecular formula is C20H21N3O3S. The van der Waals surface area contributed by atoms with Crippen molar-refractivity contribution in [2.75, 3.05) is 12.3 Å². The van der Waals surface area contributed by atoms with Crippen molar-refractivity contribution in [1.82, 2.24) is 14.5 Å². The molecule has 1 fully saturated rings. The van der Waals surface area contributed by atoms with Gasteiger partial charge in [-0.2, -0.15) is 0 Å². The normalized spacial score (nSPS) is 17.5. The van der Waals surface area contributed by atoms with E-state index in [2.05, 4.69) is 4.98 Å². The zero-order valence-electron chi connectivity index (χ0n) is 14.9. The number of nitrogens with zero attached hydrogens (tertiary/aromatic N) is 3. The highest BCUT2D eigenvalue weighted by Crippen LogP contribution is 2.23. The summed E-state index contributed by atoms with van der Waals surface area (Å²) in [5, 5.41) is 0. The number of para-hydroxylation sites is 2. The highest BCUT2D eigenvalue weighted by Gasteiger charge is 2.33. The van der Waals surface area contributed by atoms with Crippen LogP contribution in [-0.2, 0) is 21.2 Å². The second-order valence-electron chi connectivity index (χ2n) is 6.84. The number of sulfone groups is 1. The molecule has 27 heavy (non-hydrogen) atoms. The summed E-state index contributed by atoms with van der Waals surface area (Å²) < 4.78 is 27.2. The van der Waals surface area contributed by atoms with Crippen LogP contribution in [-0.4, -0.2) is 47.1 Å². The van der Waals surface area contributed by atoms with Crippen molar-refractivity contribution in [3.8, 4) is 0 Å². The van der Waals surface area contributed by atoms with Crippen LogP contribution in [0, 0.1) is 0 Å². The summed E-state index contributed by atoms with van der Waals surface area (Å²) in [5.41, 5.74) is 1.74. The summed E-state index contributed by atoms with van der Waals surface area (Å²) in [5.74, 6) is -0.100. The van der Waals surface area contributed by atoms with Gasteiger partial charge in [0.25, 0.3) is 0 Å². The minimum Gasteiger partial charge on any atom is -0.337 e. The van der Waals surface area contributed by atoms with E-state index in [1.165, 1.54) is 0 Å². The highest BCUT2D eigenvalue weighted by molar-refractivity contribution is 7.91. The maximum atomic E-state index is 12.9. The molecule has 2 heterocycles. The lowest BCUT2D eigenvalue weighted by atomic mass is 10.2. The predicted octanol–water partition coefficient (Wildman–Crippen LogP) is 2.50. The minimum absolute atomic E-state index is 0.0343. The van der Waals surface area contributed by atoms with E-state index in [0.717, 1.165) is 17.5 Å². The van der Waals surface area contributed by atoms with E-state index in [1.54, 1.807) is 41.6 Å². The lowest BCUT2D eigenvalue weighted by molar-refractivity contribution is -0.132. The number of benzene rings is 2. The summed E-state index contributed by atoms with van der Waals surface area (Å²) >= 11 is 0. The number of carbonyl (C=O) groups excluding carboxylic acids is 1.